The fourth-order valence-electron chi connectivity index (χ4n) is 6.03. The Morgan fingerprint density at radius 1 is 0.844 bits per heavy atom. The third-order valence-corrected chi connectivity index (χ3v) is 8.47. The second-order valence-corrected chi connectivity index (χ2v) is 11.9. The largest absolute Gasteiger partial charge is 0.490 e. The van der Waals surface area contributed by atoms with Gasteiger partial charge in [0.2, 0.25) is 6.79 Å². The summed E-state index contributed by atoms with van der Waals surface area (Å²) in [5.74, 6) is 2.31. The molecule has 1 saturated carbocycles. The van der Waals surface area contributed by atoms with Gasteiger partial charge in [-0.1, -0.05) is 43.7 Å². The lowest BCUT2D eigenvalue weighted by Crippen LogP contribution is -2.40. The van der Waals surface area contributed by atoms with E-state index in [0.29, 0.717) is 18.0 Å². The van der Waals surface area contributed by atoms with Gasteiger partial charge in [-0.3, -0.25) is 14.5 Å². The van der Waals surface area contributed by atoms with Crippen LogP contribution in [-0.2, 0) is 14.3 Å². The predicted molar refractivity (Wildman–Crippen MR) is 171 cm³/mol. The number of hydrogen-bond acceptors (Lipinski definition) is 8. The average molecular weight is 612 g/mol. The van der Waals surface area contributed by atoms with Crippen molar-refractivity contribution in [2.75, 3.05) is 33.0 Å². The first-order chi connectivity index (χ1) is 22.0. The van der Waals surface area contributed by atoms with Gasteiger partial charge in [-0.25, -0.2) is 0 Å². The van der Waals surface area contributed by atoms with E-state index in [1.165, 1.54) is 26.2 Å². The van der Waals surface area contributed by atoms with E-state index < -0.39 is 0 Å². The summed E-state index contributed by atoms with van der Waals surface area (Å²) in [6.07, 6.45) is 5.84. The molecule has 0 bridgehead atoms. The minimum Gasteiger partial charge on any atom is -0.490 e. The Morgan fingerprint density at radius 3 is 2.13 bits per heavy atom. The smallest absolute Gasteiger partial charge is 0.314 e. The van der Waals surface area contributed by atoms with Gasteiger partial charge in [0.15, 0.2) is 11.5 Å². The molecular formula is C37H41NO7. The number of hydrogen-bond donors (Lipinski definition) is 0. The molecule has 0 radical (unpaired) electrons. The monoisotopic (exact) mass is 611 g/mol. The molecule has 3 aromatic carbocycles. The van der Waals surface area contributed by atoms with Gasteiger partial charge in [0.25, 0.3) is 0 Å². The van der Waals surface area contributed by atoms with Gasteiger partial charge < -0.3 is 23.7 Å². The van der Waals surface area contributed by atoms with Crippen molar-refractivity contribution in [2.24, 2.45) is 5.92 Å². The highest BCUT2D eigenvalue weighted by Crippen LogP contribution is 2.40. The van der Waals surface area contributed by atoms with Gasteiger partial charge in [0.05, 0.1) is 5.92 Å². The molecule has 6 rings (SSSR count). The highest BCUT2D eigenvalue weighted by atomic mass is 16.7. The zero-order chi connectivity index (χ0) is 31.2. The van der Waals surface area contributed by atoms with Gasteiger partial charge in [-0.2, -0.15) is 0 Å². The second-order valence-electron chi connectivity index (χ2n) is 11.9. The van der Waals surface area contributed by atoms with Gasteiger partial charge >= 0.3 is 11.9 Å². The van der Waals surface area contributed by atoms with Crippen LogP contribution in [0.15, 0.2) is 66.7 Å². The van der Waals surface area contributed by atoms with Crippen LogP contribution in [0.4, 0.5) is 0 Å². The molecule has 8 nitrogen and oxygen atoms in total. The summed E-state index contributed by atoms with van der Waals surface area (Å²) in [4.78, 5) is 26.4. The highest BCUT2D eigenvalue weighted by molar-refractivity contribution is 5.99. The average Bonchev–Trinajstić information content (AvgIpc) is 3.81. The van der Waals surface area contributed by atoms with Crippen LogP contribution in [0.2, 0.25) is 0 Å². The molecule has 1 atom stereocenters. The summed E-state index contributed by atoms with van der Waals surface area (Å²) in [6.45, 7) is 6.81. The lowest BCUT2D eigenvalue weighted by Gasteiger charge is -2.30. The molecule has 0 spiro atoms. The van der Waals surface area contributed by atoms with Crippen molar-refractivity contribution in [3.8, 4) is 23.0 Å². The third-order valence-electron chi connectivity index (χ3n) is 8.47. The number of esters is 2. The van der Waals surface area contributed by atoms with E-state index >= 15 is 0 Å². The molecule has 0 amide bonds. The molecule has 1 unspecified atom stereocenters. The van der Waals surface area contributed by atoms with Crippen LogP contribution in [0.3, 0.4) is 0 Å². The Hall–Kier alpha value is -4.30. The second kappa shape index (κ2) is 14.2. The van der Waals surface area contributed by atoms with E-state index in [2.05, 4.69) is 30.0 Å². The van der Waals surface area contributed by atoms with E-state index in [0.717, 1.165) is 71.7 Å². The van der Waals surface area contributed by atoms with Crippen molar-refractivity contribution in [2.45, 2.75) is 58.5 Å². The first kappa shape index (κ1) is 30.7. The fraction of sp³-hybridized carbons (Fsp3) is 0.405. The summed E-state index contributed by atoms with van der Waals surface area (Å²) in [5, 5.41) is 0. The quantitative estimate of drug-likeness (QED) is 0.124. The Morgan fingerprint density at radius 2 is 1.49 bits per heavy atom. The number of carbonyl (C=O) groups excluding carboxylic acids is 2. The molecule has 1 saturated heterocycles. The molecule has 3 aliphatic rings. The Bertz CT molecular complexity index is 1520. The number of ether oxygens (including phenoxy) is 5. The molecule has 8 heteroatoms. The standard InChI is InChI=1S/C37H41NO7/c1-3-33(29-13-18-34-35(21-29)43-24-42-34)36(27-11-16-31(17-12-27)45-37(40)28-7-8-28)26-9-14-30(15-10-26)41-23-32(44-25(2)39)22-38-19-5-4-6-20-38/h9-18,21,28,32H,3-8,19-20,22-24H2,1-2H3/b36-33+. The number of piperidine rings is 1. The van der Waals surface area contributed by atoms with Crippen molar-refractivity contribution in [1.29, 1.82) is 0 Å². The van der Waals surface area contributed by atoms with Crippen LogP contribution in [-0.4, -0.2) is 56.0 Å². The predicted octanol–water partition coefficient (Wildman–Crippen LogP) is 6.90. The molecule has 1 aliphatic carbocycles. The van der Waals surface area contributed by atoms with Crippen LogP contribution >= 0.6 is 0 Å². The molecule has 2 aliphatic heterocycles. The minimum absolute atomic E-state index is 0.0349. The molecule has 2 fully saturated rings. The maximum atomic E-state index is 12.2. The Kier molecular flexibility index (Phi) is 9.69. The summed E-state index contributed by atoms with van der Waals surface area (Å²) >= 11 is 0. The van der Waals surface area contributed by atoms with E-state index in [-0.39, 0.29) is 37.4 Å². The summed E-state index contributed by atoms with van der Waals surface area (Å²) < 4.78 is 28.6. The molecule has 3 aromatic rings. The number of rotatable bonds is 12. The third kappa shape index (κ3) is 7.87. The normalized spacial score (nSPS) is 17.3. The molecule has 0 N–H and O–H groups in total. The molecule has 236 valence electrons. The zero-order valence-corrected chi connectivity index (χ0v) is 26.1. The van der Waals surface area contributed by atoms with Crippen molar-refractivity contribution >= 4 is 23.1 Å². The lowest BCUT2D eigenvalue weighted by atomic mass is 9.88. The van der Waals surface area contributed by atoms with Crippen LogP contribution in [0.1, 0.15) is 69.1 Å². The fourth-order valence-corrected chi connectivity index (χ4v) is 6.03. The van der Waals surface area contributed by atoms with Crippen LogP contribution < -0.4 is 18.9 Å². The number of nitrogens with zero attached hydrogens (tertiary/aromatic N) is 1. The van der Waals surface area contributed by atoms with Crippen LogP contribution in [0, 0.1) is 5.92 Å². The molecular weight excluding hydrogens is 570 g/mol. The van der Waals surface area contributed by atoms with E-state index in [4.69, 9.17) is 23.7 Å². The number of likely N-dealkylation sites (tertiary alicyclic amines) is 1. The first-order valence-electron chi connectivity index (χ1n) is 16.0. The topological polar surface area (TPSA) is 83.5 Å². The molecule has 0 aromatic heterocycles. The Labute approximate surface area is 264 Å². The maximum absolute atomic E-state index is 12.2. The van der Waals surface area contributed by atoms with Gasteiger partial charge in [-0.05, 0) is 109 Å². The first-order valence-corrected chi connectivity index (χ1v) is 16.0. The van der Waals surface area contributed by atoms with Crippen molar-refractivity contribution in [1.82, 2.24) is 4.90 Å². The SMILES string of the molecule is CC/C(=C(/c1ccc(OCC(CN2CCCCC2)OC(C)=O)cc1)c1ccc(OC(=O)C2CC2)cc1)c1ccc2c(c1)OCO2. The lowest BCUT2D eigenvalue weighted by molar-refractivity contribution is -0.149. The zero-order valence-electron chi connectivity index (χ0n) is 26.1. The van der Waals surface area contributed by atoms with Gasteiger partial charge in [-0.15, -0.1) is 0 Å². The van der Waals surface area contributed by atoms with Crippen molar-refractivity contribution in [3.05, 3.63) is 83.4 Å². The number of allylic oxidation sites excluding steroid dienone is 1. The molecule has 2 heterocycles. The molecule has 45 heavy (non-hydrogen) atoms. The van der Waals surface area contributed by atoms with E-state index in [1.54, 1.807) is 0 Å². The van der Waals surface area contributed by atoms with Crippen molar-refractivity contribution < 1.29 is 33.3 Å². The van der Waals surface area contributed by atoms with Crippen LogP contribution in [0.5, 0.6) is 23.0 Å². The number of benzene rings is 3. The maximum Gasteiger partial charge on any atom is 0.314 e. The Balaban J connectivity index is 1.26. The number of fused-ring (bicyclic) bond motifs is 1. The van der Waals surface area contributed by atoms with Gasteiger partial charge in [0.1, 0.15) is 24.2 Å². The van der Waals surface area contributed by atoms with Crippen molar-refractivity contribution in [3.63, 3.8) is 0 Å². The highest BCUT2D eigenvalue weighted by Gasteiger charge is 2.31. The van der Waals surface area contributed by atoms with E-state index in [1.807, 2.05) is 48.5 Å². The minimum atomic E-state index is -0.332. The van der Waals surface area contributed by atoms with Crippen LogP contribution in [0.25, 0.3) is 11.1 Å². The number of carbonyl (C=O) groups is 2. The summed E-state index contributed by atoms with van der Waals surface area (Å²) in [5.41, 5.74) is 5.26. The van der Waals surface area contributed by atoms with Gasteiger partial charge in [0, 0.05) is 13.5 Å². The summed E-state index contributed by atoms with van der Waals surface area (Å²) in [7, 11) is 0. The van der Waals surface area contributed by atoms with E-state index in [9.17, 15) is 9.59 Å². The summed E-state index contributed by atoms with van der Waals surface area (Å²) in [6, 6.07) is 21.8.